The van der Waals surface area contributed by atoms with Crippen LogP contribution in [0.4, 0.5) is 15.8 Å². The maximum Gasteiger partial charge on any atom is 0.272 e. The monoisotopic (exact) mass is 396 g/mol. The summed E-state index contributed by atoms with van der Waals surface area (Å²) in [6, 6.07) is 7.79. The highest BCUT2D eigenvalue weighted by atomic mass is 32.2. The van der Waals surface area contributed by atoms with Crippen molar-refractivity contribution >= 4 is 27.1 Å². The number of hydrogen-bond acceptors (Lipinski definition) is 6. The molecule has 0 aliphatic rings. The van der Waals surface area contributed by atoms with Gasteiger partial charge in [-0.15, -0.1) is 0 Å². The Hall–Kier alpha value is -2.85. The lowest BCUT2D eigenvalue weighted by Crippen LogP contribution is -2.45. The minimum absolute atomic E-state index is 0.140. The fourth-order valence-electron chi connectivity index (χ4n) is 2.36. The van der Waals surface area contributed by atoms with Crippen LogP contribution in [0.15, 0.2) is 47.4 Å². The van der Waals surface area contributed by atoms with Gasteiger partial charge in [-0.1, -0.05) is 0 Å². The summed E-state index contributed by atoms with van der Waals surface area (Å²) in [4.78, 5) is 22.3. The van der Waals surface area contributed by atoms with Crippen molar-refractivity contribution in [3.8, 4) is 0 Å². The van der Waals surface area contributed by atoms with Crippen molar-refractivity contribution in [2.45, 2.75) is 24.3 Å². The van der Waals surface area contributed by atoms with E-state index in [-0.39, 0.29) is 21.8 Å². The van der Waals surface area contributed by atoms with Crippen molar-refractivity contribution in [2.24, 2.45) is 0 Å². The number of aryl methyl sites for hydroxylation is 1. The second-order valence-electron chi connectivity index (χ2n) is 6.20. The van der Waals surface area contributed by atoms with Crippen LogP contribution < -0.4 is 5.32 Å². The number of carbonyl (C=O) groups excluding carboxylic acids is 1. The Labute approximate surface area is 154 Å². The number of amides is 1. The molecule has 0 heterocycles. The van der Waals surface area contributed by atoms with Crippen LogP contribution >= 0.6 is 0 Å². The van der Waals surface area contributed by atoms with E-state index in [1.54, 1.807) is 0 Å². The summed E-state index contributed by atoms with van der Waals surface area (Å²) in [5.74, 6) is -2.54. The van der Waals surface area contributed by atoms with Crippen LogP contribution in [0, 0.1) is 22.9 Å². The molecule has 0 aliphatic carbocycles. The van der Waals surface area contributed by atoms with Gasteiger partial charge >= 0.3 is 0 Å². The van der Waals surface area contributed by atoms with Gasteiger partial charge in [0.2, 0.25) is 0 Å². The minimum Gasteiger partial charge on any atom is -0.379 e. The molecule has 0 saturated carbocycles. The number of rotatable bonds is 6. The molecule has 2 rings (SSSR count). The molecule has 10 heteroatoms. The summed E-state index contributed by atoms with van der Waals surface area (Å²) in [5.41, 5.74) is -1.97. The normalized spacial score (nSPS) is 13.6. The molecule has 2 N–H and O–H groups in total. The third-order valence-corrected chi connectivity index (χ3v) is 5.72. The van der Waals surface area contributed by atoms with Gasteiger partial charge in [-0.2, -0.15) is 0 Å². The highest BCUT2D eigenvalue weighted by molar-refractivity contribution is 7.91. The van der Waals surface area contributed by atoms with Gasteiger partial charge in [-0.3, -0.25) is 14.9 Å². The van der Waals surface area contributed by atoms with E-state index < -0.39 is 37.8 Å². The van der Waals surface area contributed by atoms with Crippen LogP contribution in [0.2, 0.25) is 0 Å². The third kappa shape index (κ3) is 4.86. The summed E-state index contributed by atoms with van der Waals surface area (Å²) < 4.78 is 37.6. The fourth-order valence-corrected chi connectivity index (χ4v) is 3.95. The molecule has 144 valence electrons. The van der Waals surface area contributed by atoms with E-state index in [2.05, 4.69) is 5.32 Å². The van der Waals surface area contributed by atoms with E-state index in [1.165, 1.54) is 25.1 Å². The van der Waals surface area contributed by atoms with Crippen LogP contribution in [0.25, 0.3) is 0 Å². The first-order valence-electron chi connectivity index (χ1n) is 7.69. The van der Waals surface area contributed by atoms with Gasteiger partial charge in [0.05, 0.1) is 15.6 Å². The molecule has 1 amide bonds. The Bertz CT molecular complexity index is 987. The van der Waals surface area contributed by atoms with Crippen LogP contribution in [0.3, 0.4) is 0 Å². The highest BCUT2D eigenvalue weighted by Gasteiger charge is 2.36. The van der Waals surface area contributed by atoms with Gasteiger partial charge in [0.1, 0.15) is 5.82 Å². The lowest BCUT2D eigenvalue weighted by Gasteiger charge is -2.22. The number of nitrogens with one attached hydrogen (secondary N) is 1. The van der Waals surface area contributed by atoms with Crippen LogP contribution in [0.5, 0.6) is 0 Å². The first-order valence-corrected chi connectivity index (χ1v) is 9.35. The predicted molar refractivity (Wildman–Crippen MR) is 95.5 cm³/mol. The summed E-state index contributed by atoms with van der Waals surface area (Å²) in [6.45, 7) is 2.51. The third-order valence-electron chi connectivity index (χ3n) is 3.78. The van der Waals surface area contributed by atoms with Gasteiger partial charge in [-0.25, -0.2) is 12.8 Å². The van der Waals surface area contributed by atoms with Gasteiger partial charge in [0.25, 0.3) is 11.6 Å². The average Bonchev–Trinajstić information content (AvgIpc) is 2.54. The van der Waals surface area contributed by atoms with Crippen molar-refractivity contribution in [3.05, 3.63) is 64.0 Å². The number of sulfone groups is 1. The van der Waals surface area contributed by atoms with Crippen molar-refractivity contribution in [3.63, 3.8) is 0 Å². The molecular weight excluding hydrogens is 379 g/mol. The van der Waals surface area contributed by atoms with Crippen molar-refractivity contribution in [1.82, 2.24) is 0 Å². The molecule has 0 aromatic heterocycles. The topological polar surface area (TPSA) is 127 Å². The summed E-state index contributed by atoms with van der Waals surface area (Å²) in [6.07, 6.45) is 0. The number of halogens is 1. The SMILES string of the molecule is Cc1cc(NC(=O)[C@@](C)(O)CS(=O)(=O)c2ccc(F)cc2)ccc1[N+](=O)[O-]. The van der Waals surface area contributed by atoms with Crippen LogP contribution in [-0.2, 0) is 14.6 Å². The minimum atomic E-state index is -4.06. The molecular formula is C17H17FN2O6S. The smallest absolute Gasteiger partial charge is 0.272 e. The molecule has 0 bridgehead atoms. The zero-order chi connectivity index (χ0) is 20.4. The molecule has 8 nitrogen and oxygen atoms in total. The second-order valence-corrected chi connectivity index (χ2v) is 8.19. The molecule has 27 heavy (non-hydrogen) atoms. The van der Waals surface area contributed by atoms with E-state index in [0.717, 1.165) is 31.2 Å². The lowest BCUT2D eigenvalue weighted by atomic mass is 10.1. The molecule has 1 atom stereocenters. The van der Waals surface area contributed by atoms with E-state index in [0.29, 0.717) is 0 Å². The Morgan fingerprint density at radius 3 is 2.37 bits per heavy atom. The number of nitro benzene ring substituents is 1. The van der Waals surface area contributed by atoms with Crippen molar-refractivity contribution < 1.29 is 27.6 Å². The number of nitro groups is 1. The van der Waals surface area contributed by atoms with E-state index in [9.17, 15) is 32.8 Å². The largest absolute Gasteiger partial charge is 0.379 e. The quantitative estimate of drug-likeness (QED) is 0.438. The molecule has 2 aromatic rings. The van der Waals surface area contributed by atoms with Gasteiger partial charge in [0.15, 0.2) is 15.4 Å². The number of aliphatic hydroxyl groups is 1. The number of carbonyl (C=O) groups is 1. The number of benzene rings is 2. The molecule has 0 aliphatic heterocycles. The molecule has 0 fully saturated rings. The average molecular weight is 396 g/mol. The van der Waals surface area contributed by atoms with Crippen LogP contribution in [-0.4, -0.2) is 35.7 Å². The molecule has 0 radical (unpaired) electrons. The zero-order valence-electron chi connectivity index (χ0n) is 14.5. The molecule has 2 aromatic carbocycles. The van der Waals surface area contributed by atoms with E-state index in [1.807, 2.05) is 0 Å². The van der Waals surface area contributed by atoms with Gasteiger partial charge < -0.3 is 10.4 Å². The Morgan fingerprint density at radius 1 is 1.26 bits per heavy atom. The Kier molecular flexibility index (Phi) is 5.62. The maximum atomic E-state index is 12.9. The maximum absolute atomic E-state index is 12.9. The van der Waals surface area contributed by atoms with Crippen molar-refractivity contribution in [2.75, 3.05) is 11.1 Å². The predicted octanol–water partition coefficient (Wildman–Crippen LogP) is 2.21. The summed E-state index contributed by atoms with van der Waals surface area (Å²) in [7, 11) is -4.06. The summed E-state index contributed by atoms with van der Waals surface area (Å²) >= 11 is 0. The van der Waals surface area contributed by atoms with E-state index >= 15 is 0 Å². The zero-order valence-corrected chi connectivity index (χ0v) is 15.3. The van der Waals surface area contributed by atoms with Crippen LogP contribution in [0.1, 0.15) is 12.5 Å². The Morgan fingerprint density at radius 2 is 1.85 bits per heavy atom. The van der Waals surface area contributed by atoms with Gasteiger partial charge in [-0.05, 0) is 50.2 Å². The van der Waals surface area contributed by atoms with Gasteiger partial charge in [0, 0.05) is 17.3 Å². The molecule has 0 spiro atoms. The molecule has 0 unspecified atom stereocenters. The standard InChI is InChI=1S/C17H17FN2O6S/c1-11-9-13(5-8-15(11)20(23)24)19-16(21)17(2,22)10-27(25,26)14-6-3-12(18)4-7-14/h3-9,22H,10H2,1-2H3,(H,19,21)/t17-/m0/s1. The molecule has 0 saturated heterocycles. The number of nitrogens with zero attached hydrogens (tertiary/aromatic N) is 1. The van der Waals surface area contributed by atoms with Crippen molar-refractivity contribution in [1.29, 1.82) is 0 Å². The fraction of sp³-hybridized carbons (Fsp3) is 0.235. The number of anilines is 1. The first-order chi connectivity index (χ1) is 12.4. The lowest BCUT2D eigenvalue weighted by molar-refractivity contribution is -0.385. The Balaban J connectivity index is 2.18. The summed E-state index contributed by atoms with van der Waals surface area (Å²) in [5, 5.41) is 23.5. The van der Waals surface area contributed by atoms with E-state index in [4.69, 9.17) is 0 Å². The highest BCUT2D eigenvalue weighted by Crippen LogP contribution is 2.23. The number of hydrogen-bond donors (Lipinski definition) is 2. The first kappa shape index (κ1) is 20.5. The second kappa shape index (κ2) is 7.41.